The van der Waals surface area contributed by atoms with Gasteiger partial charge in [-0.3, -0.25) is 9.59 Å². The Hall–Kier alpha value is -2.28. The van der Waals surface area contributed by atoms with Gasteiger partial charge in [0.2, 0.25) is 0 Å². The van der Waals surface area contributed by atoms with E-state index in [2.05, 4.69) is 24.5 Å². The molecular weight excluding hydrogens is 454 g/mol. The zero-order chi connectivity index (χ0) is 24.3. The third-order valence-electron chi connectivity index (χ3n) is 8.53. The molecule has 6 rings (SSSR count). The molecule has 4 bridgehead atoms. The maximum absolute atomic E-state index is 13.0. The van der Waals surface area contributed by atoms with Crippen LogP contribution < -0.4 is 10.6 Å². The van der Waals surface area contributed by atoms with Gasteiger partial charge < -0.3 is 20.6 Å². The van der Waals surface area contributed by atoms with Gasteiger partial charge >= 0.3 is 12.0 Å². The standard InChI is InChI=1S/C26H34ClN3O4/c1-24-9-16-10-25(2,13-24)15-26(11-16,14-24)29-23(34)28-20-6-5-17(8-19(20)27)21(31)30-7-3-4-18(12-30)22(32)33/h5-6,8,16,18H,3-4,7,9-15H2,1-2H3,(H,32,33)(H2,28,29,34). The number of carboxylic acid groups (broad SMARTS) is 1. The van der Waals surface area contributed by atoms with Gasteiger partial charge in [-0.15, -0.1) is 0 Å². The number of halogens is 1. The molecule has 7 nitrogen and oxygen atoms in total. The van der Waals surface area contributed by atoms with Crippen LogP contribution in [-0.4, -0.2) is 46.5 Å². The summed E-state index contributed by atoms with van der Waals surface area (Å²) >= 11 is 6.45. The van der Waals surface area contributed by atoms with E-state index in [0.29, 0.717) is 47.4 Å². The molecule has 184 valence electrons. The maximum Gasteiger partial charge on any atom is 0.319 e. The summed E-state index contributed by atoms with van der Waals surface area (Å²) in [6.07, 6.45) is 8.10. The Morgan fingerprint density at radius 3 is 2.41 bits per heavy atom. The van der Waals surface area contributed by atoms with Crippen molar-refractivity contribution < 1.29 is 19.5 Å². The predicted octanol–water partition coefficient (Wildman–Crippen LogP) is 5.15. The van der Waals surface area contributed by atoms with Crippen molar-refractivity contribution in [3.63, 3.8) is 0 Å². The van der Waals surface area contributed by atoms with Crippen LogP contribution in [0.25, 0.3) is 0 Å². The van der Waals surface area contributed by atoms with E-state index in [4.69, 9.17) is 11.6 Å². The van der Waals surface area contributed by atoms with Crippen LogP contribution in [0, 0.1) is 22.7 Å². The molecule has 8 heteroatoms. The molecule has 0 radical (unpaired) electrons. The molecule has 3 atom stereocenters. The number of benzene rings is 1. The van der Waals surface area contributed by atoms with Gasteiger partial charge in [0.15, 0.2) is 0 Å². The molecule has 3 unspecified atom stereocenters. The van der Waals surface area contributed by atoms with Crippen molar-refractivity contribution in [3.8, 4) is 0 Å². The molecule has 1 aliphatic heterocycles. The van der Waals surface area contributed by atoms with E-state index >= 15 is 0 Å². The maximum atomic E-state index is 13.0. The first-order valence-corrected chi connectivity index (χ1v) is 12.8. The highest BCUT2D eigenvalue weighted by Crippen LogP contribution is 2.66. The van der Waals surface area contributed by atoms with E-state index in [9.17, 15) is 19.5 Å². The van der Waals surface area contributed by atoms with Crippen LogP contribution in [0.1, 0.15) is 75.6 Å². The fourth-order valence-electron chi connectivity index (χ4n) is 8.28. The fraction of sp³-hybridized carbons (Fsp3) is 0.654. The fourth-order valence-corrected chi connectivity index (χ4v) is 8.50. The number of carbonyl (C=O) groups is 3. The lowest BCUT2D eigenvalue weighted by Crippen LogP contribution is -2.65. The summed E-state index contributed by atoms with van der Waals surface area (Å²) in [4.78, 5) is 38.8. The highest BCUT2D eigenvalue weighted by Gasteiger charge is 2.60. The van der Waals surface area contributed by atoms with Crippen LogP contribution in [0.5, 0.6) is 0 Å². The Morgan fingerprint density at radius 2 is 1.79 bits per heavy atom. The van der Waals surface area contributed by atoms with E-state index in [1.807, 2.05) is 0 Å². The first-order valence-electron chi connectivity index (χ1n) is 12.4. The highest BCUT2D eigenvalue weighted by atomic mass is 35.5. The molecule has 0 spiro atoms. The van der Waals surface area contributed by atoms with Crippen molar-refractivity contribution >= 4 is 35.2 Å². The first kappa shape index (κ1) is 23.5. The average molecular weight is 488 g/mol. The monoisotopic (exact) mass is 487 g/mol. The topological polar surface area (TPSA) is 98.7 Å². The molecular formula is C26H34ClN3O4. The van der Waals surface area contributed by atoms with Crippen LogP contribution in [0.15, 0.2) is 18.2 Å². The van der Waals surface area contributed by atoms with Crippen LogP contribution >= 0.6 is 11.6 Å². The Bertz CT molecular complexity index is 1020. The van der Waals surface area contributed by atoms with Crippen molar-refractivity contribution in [3.05, 3.63) is 28.8 Å². The van der Waals surface area contributed by atoms with Crippen molar-refractivity contribution in [1.82, 2.24) is 10.2 Å². The largest absolute Gasteiger partial charge is 0.481 e. The minimum atomic E-state index is -0.872. The number of hydrogen-bond acceptors (Lipinski definition) is 3. The van der Waals surface area contributed by atoms with Gasteiger partial charge in [-0.05, 0) is 86.3 Å². The van der Waals surface area contributed by atoms with Crippen LogP contribution in [0.2, 0.25) is 5.02 Å². The van der Waals surface area contributed by atoms with Gasteiger partial charge in [-0.2, -0.15) is 0 Å². The quantitative estimate of drug-likeness (QED) is 0.547. The van der Waals surface area contributed by atoms with E-state index in [0.717, 1.165) is 19.3 Å². The second-order valence-corrected chi connectivity index (χ2v) is 12.5. The van der Waals surface area contributed by atoms with Crippen LogP contribution in [0.4, 0.5) is 10.5 Å². The second kappa shape index (κ2) is 8.14. The number of nitrogens with zero attached hydrogens (tertiary/aromatic N) is 1. The van der Waals surface area contributed by atoms with Gasteiger partial charge in [0, 0.05) is 24.2 Å². The molecule has 5 aliphatic rings. The normalized spacial score (nSPS) is 36.3. The van der Waals surface area contributed by atoms with E-state index in [1.54, 1.807) is 23.1 Å². The molecule has 1 aromatic carbocycles. The molecule has 1 saturated heterocycles. The number of piperidine rings is 1. The summed E-state index contributed by atoms with van der Waals surface area (Å²) < 4.78 is 0. The number of hydrogen-bond donors (Lipinski definition) is 3. The lowest BCUT2D eigenvalue weighted by molar-refractivity contribution is -0.143. The predicted molar refractivity (Wildman–Crippen MR) is 130 cm³/mol. The zero-order valence-electron chi connectivity index (χ0n) is 20.0. The lowest BCUT2D eigenvalue weighted by Gasteiger charge is -2.65. The molecule has 4 aliphatic carbocycles. The highest BCUT2D eigenvalue weighted by molar-refractivity contribution is 6.34. The van der Waals surface area contributed by atoms with Gasteiger partial charge in [0.25, 0.3) is 5.91 Å². The minimum absolute atomic E-state index is 0.162. The number of nitrogens with one attached hydrogen (secondary N) is 2. The third-order valence-corrected chi connectivity index (χ3v) is 8.84. The summed E-state index contributed by atoms with van der Waals surface area (Å²) in [5.41, 5.74) is 1.29. The van der Waals surface area contributed by atoms with Gasteiger partial charge in [-0.1, -0.05) is 25.4 Å². The van der Waals surface area contributed by atoms with Crippen LogP contribution in [-0.2, 0) is 4.79 Å². The van der Waals surface area contributed by atoms with Crippen molar-refractivity contribution in [2.24, 2.45) is 22.7 Å². The Morgan fingerprint density at radius 1 is 1.09 bits per heavy atom. The molecule has 5 fully saturated rings. The zero-order valence-corrected chi connectivity index (χ0v) is 20.7. The van der Waals surface area contributed by atoms with Gasteiger partial charge in [-0.25, -0.2) is 4.79 Å². The van der Waals surface area contributed by atoms with Crippen molar-refractivity contribution in [2.75, 3.05) is 18.4 Å². The summed E-state index contributed by atoms with van der Waals surface area (Å²) in [6, 6.07) is 4.59. The summed E-state index contributed by atoms with van der Waals surface area (Å²) in [6.45, 7) is 5.48. The Labute approximate surface area is 205 Å². The number of rotatable bonds is 4. The molecule has 3 amide bonds. The van der Waals surface area contributed by atoms with Crippen LogP contribution in [0.3, 0.4) is 0 Å². The second-order valence-electron chi connectivity index (χ2n) is 12.1. The van der Waals surface area contributed by atoms with E-state index in [1.165, 1.54) is 19.3 Å². The number of carbonyl (C=O) groups excluding carboxylic acids is 2. The molecule has 4 saturated carbocycles. The average Bonchev–Trinajstić information content (AvgIpc) is 2.71. The number of anilines is 1. The number of aliphatic carboxylic acids is 1. The summed E-state index contributed by atoms with van der Waals surface area (Å²) in [5.74, 6) is -0.968. The van der Waals surface area contributed by atoms with Crippen molar-refractivity contribution in [1.29, 1.82) is 0 Å². The van der Waals surface area contributed by atoms with Gasteiger partial charge in [0.05, 0.1) is 16.6 Å². The number of likely N-dealkylation sites (tertiary alicyclic amines) is 1. The van der Waals surface area contributed by atoms with E-state index in [-0.39, 0.29) is 29.0 Å². The third kappa shape index (κ3) is 4.39. The van der Waals surface area contributed by atoms with Crippen molar-refractivity contribution in [2.45, 2.75) is 70.8 Å². The number of carboxylic acids is 1. The SMILES string of the molecule is CC12CC3CC(C)(C1)CC(NC(=O)Nc1ccc(C(=O)N4CCCC(C(=O)O)C4)cc1Cl)(C3)C2. The molecule has 1 heterocycles. The Kier molecular flexibility index (Phi) is 5.62. The summed E-state index contributed by atoms with van der Waals surface area (Å²) in [7, 11) is 0. The number of urea groups is 1. The minimum Gasteiger partial charge on any atom is -0.481 e. The van der Waals surface area contributed by atoms with Gasteiger partial charge in [0.1, 0.15) is 0 Å². The smallest absolute Gasteiger partial charge is 0.319 e. The number of amides is 3. The molecule has 34 heavy (non-hydrogen) atoms. The molecule has 1 aromatic rings. The first-order chi connectivity index (χ1) is 16.0. The summed E-state index contributed by atoms with van der Waals surface area (Å²) in [5, 5.41) is 15.8. The molecule has 3 N–H and O–H groups in total. The molecule has 0 aromatic heterocycles. The lowest BCUT2D eigenvalue weighted by atomic mass is 9.43. The van der Waals surface area contributed by atoms with E-state index < -0.39 is 11.9 Å². The Balaban J connectivity index is 1.25.